The average Bonchev–Trinajstić information content (AvgIpc) is 2.91. The highest BCUT2D eigenvalue weighted by Gasteiger charge is 2.20. The summed E-state index contributed by atoms with van der Waals surface area (Å²) in [7, 11) is 0. The van der Waals surface area contributed by atoms with Crippen LogP contribution in [0.15, 0.2) is 41.5 Å². The van der Waals surface area contributed by atoms with Crippen molar-refractivity contribution in [2.24, 2.45) is 0 Å². The van der Waals surface area contributed by atoms with Gasteiger partial charge in [-0.2, -0.15) is 10.4 Å². The second-order valence-corrected chi connectivity index (χ2v) is 5.80. The van der Waals surface area contributed by atoms with Crippen LogP contribution < -0.4 is 5.56 Å². The van der Waals surface area contributed by atoms with Gasteiger partial charge in [0.25, 0.3) is 5.56 Å². The smallest absolute Gasteiger partial charge is 0.264 e. The van der Waals surface area contributed by atoms with Crippen LogP contribution in [-0.2, 0) is 19.5 Å². The lowest BCUT2D eigenvalue weighted by molar-refractivity contribution is 0.242. The van der Waals surface area contributed by atoms with Crippen LogP contribution in [-0.4, -0.2) is 26.0 Å². The van der Waals surface area contributed by atoms with Gasteiger partial charge >= 0.3 is 0 Å². The summed E-state index contributed by atoms with van der Waals surface area (Å²) in [5.41, 5.74) is 4.43. The Kier molecular flexibility index (Phi) is 3.21. The molecule has 4 rings (SSSR count). The number of aromatic nitrogens is 3. The zero-order valence-corrected chi connectivity index (χ0v) is 12.5. The van der Waals surface area contributed by atoms with Crippen molar-refractivity contribution in [2.75, 3.05) is 6.54 Å². The zero-order chi connectivity index (χ0) is 15.8. The fourth-order valence-corrected chi connectivity index (χ4v) is 3.21. The van der Waals surface area contributed by atoms with Gasteiger partial charge in [-0.3, -0.25) is 9.69 Å². The molecule has 6 nitrogen and oxygen atoms in total. The number of rotatable bonds is 2. The molecule has 0 bridgehead atoms. The summed E-state index contributed by atoms with van der Waals surface area (Å²) in [5, 5.41) is 16.1. The van der Waals surface area contributed by atoms with Gasteiger partial charge in [-0.1, -0.05) is 6.07 Å². The molecule has 6 heteroatoms. The monoisotopic (exact) mass is 305 g/mol. The first-order valence-electron chi connectivity index (χ1n) is 7.53. The van der Waals surface area contributed by atoms with E-state index in [-0.39, 0.29) is 5.56 Å². The maximum Gasteiger partial charge on any atom is 0.264 e. The Morgan fingerprint density at radius 1 is 1.39 bits per heavy atom. The minimum atomic E-state index is -0.169. The van der Waals surface area contributed by atoms with Gasteiger partial charge in [0.1, 0.15) is 6.07 Å². The Labute approximate surface area is 132 Å². The van der Waals surface area contributed by atoms with Gasteiger partial charge in [0.15, 0.2) is 0 Å². The van der Waals surface area contributed by atoms with Gasteiger partial charge in [0.05, 0.1) is 16.8 Å². The van der Waals surface area contributed by atoms with E-state index >= 15 is 0 Å². The Morgan fingerprint density at radius 2 is 2.30 bits per heavy atom. The highest BCUT2D eigenvalue weighted by Crippen LogP contribution is 2.22. The summed E-state index contributed by atoms with van der Waals surface area (Å²) in [4.78, 5) is 13.7. The molecule has 0 radical (unpaired) electrons. The second kappa shape index (κ2) is 5.38. The van der Waals surface area contributed by atoms with E-state index in [1.165, 1.54) is 0 Å². The summed E-state index contributed by atoms with van der Waals surface area (Å²) >= 11 is 0. The molecule has 23 heavy (non-hydrogen) atoms. The number of H-pyrrole nitrogens is 1. The Balaban J connectivity index is 1.65. The zero-order valence-electron chi connectivity index (χ0n) is 12.5. The van der Waals surface area contributed by atoms with Crippen molar-refractivity contribution >= 4 is 5.52 Å². The third-order valence-corrected chi connectivity index (χ3v) is 4.30. The molecule has 0 saturated carbocycles. The van der Waals surface area contributed by atoms with Gasteiger partial charge in [-0.05, 0) is 17.7 Å². The molecule has 1 aliphatic rings. The SMILES string of the molecule is N#Cc1c(CN2CCc3n[nH]c(=O)cc3C2)cn2ccccc12. The van der Waals surface area contributed by atoms with E-state index in [9.17, 15) is 10.1 Å². The van der Waals surface area contributed by atoms with Crippen LogP contribution in [0.25, 0.3) is 5.52 Å². The summed E-state index contributed by atoms with van der Waals surface area (Å²) in [5.74, 6) is 0. The van der Waals surface area contributed by atoms with Gasteiger partial charge in [0.2, 0.25) is 0 Å². The van der Waals surface area contributed by atoms with Crippen LogP contribution in [0.1, 0.15) is 22.4 Å². The van der Waals surface area contributed by atoms with E-state index in [4.69, 9.17) is 0 Å². The van der Waals surface area contributed by atoms with E-state index in [1.54, 1.807) is 6.07 Å². The number of hydrogen-bond acceptors (Lipinski definition) is 4. The molecule has 1 N–H and O–H groups in total. The molecule has 0 aliphatic carbocycles. The lowest BCUT2D eigenvalue weighted by Gasteiger charge is -2.27. The molecular weight excluding hydrogens is 290 g/mol. The quantitative estimate of drug-likeness (QED) is 0.777. The minimum absolute atomic E-state index is 0.169. The topological polar surface area (TPSA) is 77.2 Å². The fraction of sp³-hybridized carbons (Fsp3) is 0.235. The van der Waals surface area contributed by atoms with Crippen molar-refractivity contribution < 1.29 is 0 Å². The molecular formula is C17H15N5O. The first-order valence-corrected chi connectivity index (χ1v) is 7.53. The second-order valence-electron chi connectivity index (χ2n) is 5.80. The molecule has 0 amide bonds. The Hall–Kier alpha value is -2.91. The molecule has 0 fully saturated rings. The van der Waals surface area contributed by atoms with E-state index in [2.05, 4.69) is 21.2 Å². The average molecular weight is 305 g/mol. The maximum absolute atomic E-state index is 11.4. The fourth-order valence-electron chi connectivity index (χ4n) is 3.21. The normalized spacial score (nSPS) is 14.6. The lowest BCUT2D eigenvalue weighted by Crippen LogP contribution is -2.32. The number of nitrogens with zero attached hydrogens (tertiary/aromatic N) is 4. The summed E-state index contributed by atoms with van der Waals surface area (Å²) in [6.45, 7) is 2.24. The Bertz CT molecular complexity index is 979. The van der Waals surface area contributed by atoms with E-state index in [0.717, 1.165) is 40.9 Å². The molecule has 0 aromatic carbocycles. The van der Waals surface area contributed by atoms with Gasteiger partial charge in [0, 0.05) is 50.1 Å². The van der Waals surface area contributed by atoms with E-state index in [1.807, 2.05) is 35.0 Å². The minimum Gasteiger partial charge on any atom is -0.322 e. The molecule has 3 aromatic rings. The summed E-state index contributed by atoms with van der Waals surface area (Å²) in [6.07, 6.45) is 4.77. The molecule has 1 aliphatic heterocycles. The molecule has 0 saturated heterocycles. The number of hydrogen-bond donors (Lipinski definition) is 1. The van der Waals surface area contributed by atoms with Crippen molar-refractivity contribution in [3.63, 3.8) is 0 Å². The van der Waals surface area contributed by atoms with Crippen molar-refractivity contribution in [3.05, 3.63) is 69.4 Å². The lowest BCUT2D eigenvalue weighted by atomic mass is 10.1. The molecule has 3 aromatic heterocycles. The van der Waals surface area contributed by atoms with E-state index < -0.39 is 0 Å². The number of fused-ring (bicyclic) bond motifs is 2. The van der Waals surface area contributed by atoms with Crippen LogP contribution in [0.3, 0.4) is 0 Å². The highest BCUT2D eigenvalue weighted by atomic mass is 16.1. The van der Waals surface area contributed by atoms with Crippen molar-refractivity contribution in [1.82, 2.24) is 19.5 Å². The van der Waals surface area contributed by atoms with Crippen LogP contribution in [0, 0.1) is 11.3 Å². The third kappa shape index (κ3) is 2.41. The van der Waals surface area contributed by atoms with Crippen LogP contribution in [0.2, 0.25) is 0 Å². The number of aromatic amines is 1. The highest BCUT2D eigenvalue weighted by molar-refractivity contribution is 5.65. The Morgan fingerprint density at radius 3 is 3.17 bits per heavy atom. The number of nitriles is 1. The molecule has 114 valence electrons. The first-order chi connectivity index (χ1) is 11.2. The van der Waals surface area contributed by atoms with E-state index in [0.29, 0.717) is 13.1 Å². The number of pyridine rings is 1. The molecule has 0 atom stereocenters. The van der Waals surface area contributed by atoms with Gasteiger partial charge in [-0.25, -0.2) is 5.10 Å². The van der Waals surface area contributed by atoms with Crippen LogP contribution >= 0.6 is 0 Å². The number of nitrogens with one attached hydrogen (secondary N) is 1. The molecule has 4 heterocycles. The molecule has 0 unspecified atom stereocenters. The summed E-state index contributed by atoms with van der Waals surface area (Å²) < 4.78 is 1.98. The summed E-state index contributed by atoms with van der Waals surface area (Å²) in [6, 6.07) is 9.79. The van der Waals surface area contributed by atoms with Crippen LogP contribution in [0.4, 0.5) is 0 Å². The van der Waals surface area contributed by atoms with Crippen LogP contribution in [0.5, 0.6) is 0 Å². The van der Waals surface area contributed by atoms with Crippen molar-refractivity contribution in [2.45, 2.75) is 19.5 Å². The maximum atomic E-state index is 11.4. The predicted octanol–water partition coefficient (Wildman–Crippen LogP) is 1.45. The first kappa shape index (κ1) is 13.7. The predicted molar refractivity (Wildman–Crippen MR) is 84.8 cm³/mol. The van der Waals surface area contributed by atoms with Crippen molar-refractivity contribution in [3.8, 4) is 6.07 Å². The third-order valence-electron chi connectivity index (χ3n) is 4.30. The van der Waals surface area contributed by atoms with Gasteiger partial charge < -0.3 is 4.40 Å². The van der Waals surface area contributed by atoms with Crippen molar-refractivity contribution in [1.29, 1.82) is 5.26 Å². The van der Waals surface area contributed by atoms with Gasteiger partial charge in [-0.15, -0.1) is 0 Å². The standard InChI is InChI=1S/C17H15N5O/c18-8-14-13(11-22-5-2-1-3-16(14)22)10-21-6-4-15-12(9-21)7-17(23)20-19-15/h1-3,5,7,11H,4,6,9-10H2,(H,20,23). The largest absolute Gasteiger partial charge is 0.322 e. The molecule has 0 spiro atoms.